The highest BCUT2D eigenvalue weighted by molar-refractivity contribution is 5.37. The Bertz CT molecular complexity index is 694. The third kappa shape index (κ3) is 3.26. The Morgan fingerprint density at radius 3 is 2.92 bits per heavy atom. The quantitative estimate of drug-likeness (QED) is 0.911. The molecule has 24 heavy (non-hydrogen) atoms. The maximum absolute atomic E-state index is 5.86. The van der Waals surface area contributed by atoms with Crippen molar-refractivity contribution in [2.45, 2.75) is 45.2 Å². The molecule has 1 atom stereocenters. The van der Waals surface area contributed by atoms with Crippen LogP contribution in [0.3, 0.4) is 0 Å². The van der Waals surface area contributed by atoms with Crippen LogP contribution < -0.4 is 14.8 Å². The first-order valence-corrected chi connectivity index (χ1v) is 8.66. The highest BCUT2D eigenvalue weighted by Crippen LogP contribution is 2.33. The second kappa shape index (κ2) is 7.26. The monoisotopic (exact) mass is 329 g/mol. The fourth-order valence-corrected chi connectivity index (χ4v) is 3.42. The lowest BCUT2D eigenvalue weighted by molar-refractivity contribution is 0.315. The first-order chi connectivity index (χ1) is 11.6. The molecule has 0 radical (unpaired) electrons. The molecule has 1 aromatic heterocycles. The van der Waals surface area contributed by atoms with Gasteiger partial charge in [0.25, 0.3) is 0 Å². The molecule has 0 unspecified atom stereocenters. The van der Waals surface area contributed by atoms with Crippen molar-refractivity contribution < 1.29 is 9.47 Å². The van der Waals surface area contributed by atoms with Crippen LogP contribution >= 0.6 is 0 Å². The van der Waals surface area contributed by atoms with Crippen molar-refractivity contribution in [3.8, 4) is 11.6 Å². The molecule has 2 heterocycles. The number of hydrogen-bond donors (Lipinski definition) is 1. The summed E-state index contributed by atoms with van der Waals surface area (Å²) in [5, 5.41) is 8.34. The molecule has 5 heteroatoms. The molecule has 3 rings (SSSR count). The van der Waals surface area contributed by atoms with E-state index in [2.05, 4.69) is 42.5 Å². The van der Waals surface area contributed by atoms with E-state index in [1.807, 2.05) is 17.8 Å². The summed E-state index contributed by atoms with van der Waals surface area (Å²) < 4.78 is 13.3. The third-order valence-electron chi connectivity index (χ3n) is 4.57. The Labute approximate surface area is 144 Å². The van der Waals surface area contributed by atoms with Crippen LogP contribution in [0.15, 0.2) is 24.3 Å². The fraction of sp³-hybridized carbons (Fsp3) is 0.526. The van der Waals surface area contributed by atoms with Gasteiger partial charge in [-0.3, -0.25) is 0 Å². The molecule has 0 amide bonds. The minimum atomic E-state index is 0.286. The second-order valence-corrected chi connectivity index (χ2v) is 6.61. The topological polar surface area (TPSA) is 48.3 Å². The summed E-state index contributed by atoms with van der Waals surface area (Å²) in [5.74, 6) is 2.20. The normalized spacial score (nSPS) is 17.3. The smallest absolute Gasteiger partial charge is 0.216 e. The van der Waals surface area contributed by atoms with Gasteiger partial charge in [0.15, 0.2) is 0 Å². The number of hydrogen-bond acceptors (Lipinski definition) is 4. The van der Waals surface area contributed by atoms with Gasteiger partial charge in [0.2, 0.25) is 5.88 Å². The number of para-hydroxylation sites is 1. The SMILES string of the molecule is COc1c(CN[C@@H]2CCCOc3ccccc32)c(C(C)C)nn1C. The number of benzene rings is 1. The lowest BCUT2D eigenvalue weighted by Gasteiger charge is -2.19. The van der Waals surface area contributed by atoms with Gasteiger partial charge in [-0.15, -0.1) is 0 Å². The Morgan fingerprint density at radius 2 is 2.17 bits per heavy atom. The van der Waals surface area contributed by atoms with E-state index < -0.39 is 0 Å². The summed E-state index contributed by atoms with van der Waals surface area (Å²) in [4.78, 5) is 0. The number of ether oxygens (including phenoxy) is 2. The van der Waals surface area contributed by atoms with Gasteiger partial charge in [-0.1, -0.05) is 32.0 Å². The molecule has 1 aliphatic rings. The zero-order valence-corrected chi connectivity index (χ0v) is 15.0. The lowest BCUT2D eigenvalue weighted by atomic mass is 10.0. The summed E-state index contributed by atoms with van der Waals surface area (Å²) in [7, 11) is 3.64. The van der Waals surface area contributed by atoms with Crippen LogP contribution in [-0.2, 0) is 13.6 Å². The van der Waals surface area contributed by atoms with Crippen LogP contribution in [0.1, 0.15) is 55.5 Å². The minimum absolute atomic E-state index is 0.286. The van der Waals surface area contributed by atoms with Crippen LogP contribution in [0.2, 0.25) is 0 Å². The van der Waals surface area contributed by atoms with Crippen molar-refractivity contribution in [3.05, 3.63) is 41.1 Å². The van der Waals surface area contributed by atoms with Crippen molar-refractivity contribution in [1.82, 2.24) is 15.1 Å². The standard InChI is InChI=1S/C19H27N3O2/c1-13(2)18-15(19(23-4)22(3)21-18)12-20-16-9-7-11-24-17-10-6-5-8-14(16)17/h5-6,8,10,13,16,20H,7,9,11-12H2,1-4H3/t16-/m1/s1. The molecule has 0 bridgehead atoms. The molecule has 2 aromatic rings. The second-order valence-electron chi connectivity index (χ2n) is 6.61. The Hall–Kier alpha value is -2.01. The minimum Gasteiger partial charge on any atom is -0.493 e. The van der Waals surface area contributed by atoms with E-state index in [0.717, 1.165) is 48.9 Å². The Morgan fingerprint density at radius 1 is 1.38 bits per heavy atom. The zero-order chi connectivity index (χ0) is 17.1. The van der Waals surface area contributed by atoms with Crippen molar-refractivity contribution in [2.24, 2.45) is 7.05 Å². The van der Waals surface area contributed by atoms with Crippen LogP contribution in [0.25, 0.3) is 0 Å². The van der Waals surface area contributed by atoms with E-state index >= 15 is 0 Å². The Kier molecular flexibility index (Phi) is 5.09. The summed E-state index contributed by atoms with van der Waals surface area (Å²) in [6.45, 7) is 5.85. The number of nitrogens with zero attached hydrogens (tertiary/aromatic N) is 2. The number of methoxy groups -OCH3 is 1. The summed E-state index contributed by atoms with van der Waals surface area (Å²) >= 11 is 0. The van der Waals surface area contributed by atoms with Gasteiger partial charge in [0.05, 0.1) is 25.0 Å². The molecule has 0 saturated carbocycles. The van der Waals surface area contributed by atoms with Gasteiger partial charge in [-0.2, -0.15) is 5.10 Å². The molecule has 0 spiro atoms. The van der Waals surface area contributed by atoms with Crippen LogP contribution in [-0.4, -0.2) is 23.5 Å². The van der Waals surface area contributed by atoms with Gasteiger partial charge in [0, 0.05) is 25.2 Å². The van der Waals surface area contributed by atoms with E-state index in [0.29, 0.717) is 5.92 Å². The summed E-state index contributed by atoms with van der Waals surface area (Å²) in [5.41, 5.74) is 3.49. The largest absolute Gasteiger partial charge is 0.493 e. The molecule has 1 aliphatic heterocycles. The average molecular weight is 329 g/mol. The van der Waals surface area contributed by atoms with Crippen LogP contribution in [0.4, 0.5) is 0 Å². The van der Waals surface area contributed by atoms with Crippen molar-refractivity contribution in [2.75, 3.05) is 13.7 Å². The molecular formula is C19H27N3O2. The molecular weight excluding hydrogens is 302 g/mol. The fourth-order valence-electron chi connectivity index (χ4n) is 3.42. The first kappa shape index (κ1) is 16.8. The van der Waals surface area contributed by atoms with Gasteiger partial charge in [-0.25, -0.2) is 4.68 Å². The highest BCUT2D eigenvalue weighted by Gasteiger charge is 2.23. The predicted octanol–water partition coefficient (Wildman–Crippen LogP) is 3.56. The summed E-state index contributed by atoms with van der Waals surface area (Å²) in [6.07, 6.45) is 2.12. The van der Waals surface area contributed by atoms with Gasteiger partial charge in [-0.05, 0) is 24.8 Å². The summed E-state index contributed by atoms with van der Waals surface area (Å²) in [6, 6.07) is 8.60. The molecule has 1 N–H and O–H groups in total. The maximum atomic E-state index is 5.86. The third-order valence-corrected chi connectivity index (χ3v) is 4.57. The average Bonchev–Trinajstić information content (AvgIpc) is 2.76. The number of rotatable bonds is 5. The molecule has 5 nitrogen and oxygen atoms in total. The molecule has 1 aromatic carbocycles. The van der Waals surface area contributed by atoms with Crippen LogP contribution in [0, 0.1) is 0 Å². The number of fused-ring (bicyclic) bond motifs is 1. The first-order valence-electron chi connectivity index (χ1n) is 8.66. The van der Waals surface area contributed by atoms with E-state index in [1.165, 1.54) is 5.56 Å². The molecule has 0 fully saturated rings. The van der Waals surface area contributed by atoms with E-state index in [4.69, 9.17) is 9.47 Å². The van der Waals surface area contributed by atoms with Crippen molar-refractivity contribution in [3.63, 3.8) is 0 Å². The van der Waals surface area contributed by atoms with Crippen LogP contribution in [0.5, 0.6) is 11.6 Å². The van der Waals surface area contributed by atoms with Gasteiger partial charge < -0.3 is 14.8 Å². The lowest BCUT2D eigenvalue weighted by Crippen LogP contribution is -2.21. The molecule has 0 saturated heterocycles. The van der Waals surface area contributed by atoms with Crippen molar-refractivity contribution >= 4 is 0 Å². The molecule has 0 aliphatic carbocycles. The number of aromatic nitrogens is 2. The molecule has 130 valence electrons. The highest BCUT2D eigenvalue weighted by atomic mass is 16.5. The van der Waals surface area contributed by atoms with E-state index in [9.17, 15) is 0 Å². The van der Waals surface area contributed by atoms with Crippen molar-refractivity contribution in [1.29, 1.82) is 0 Å². The Balaban J connectivity index is 1.84. The number of nitrogens with one attached hydrogen (secondary N) is 1. The number of aryl methyl sites for hydroxylation is 1. The maximum Gasteiger partial charge on any atom is 0.216 e. The predicted molar refractivity (Wildman–Crippen MR) is 94.6 cm³/mol. The zero-order valence-electron chi connectivity index (χ0n) is 15.0. The van der Waals surface area contributed by atoms with E-state index in [-0.39, 0.29) is 6.04 Å². The van der Waals surface area contributed by atoms with Gasteiger partial charge >= 0.3 is 0 Å². The van der Waals surface area contributed by atoms with E-state index in [1.54, 1.807) is 7.11 Å². The van der Waals surface area contributed by atoms with Gasteiger partial charge in [0.1, 0.15) is 5.75 Å².